The first-order chi connectivity index (χ1) is 29.1. The van der Waals surface area contributed by atoms with Crippen LogP contribution < -0.4 is 155 Å². The second kappa shape index (κ2) is 34.2. The van der Waals surface area contributed by atoms with Gasteiger partial charge in [0.05, 0.1) is 57.9 Å². The molecule has 4 aromatic rings. The molecule has 0 amide bonds. The van der Waals surface area contributed by atoms with Crippen molar-refractivity contribution >= 4 is 110 Å². The second-order valence-corrected chi connectivity index (χ2v) is 15.7. The van der Waals surface area contributed by atoms with Gasteiger partial charge in [0, 0.05) is 53.3 Å². The van der Waals surface area contributed by atoms with E-state index < -0.39 is 50.2 Å². The molecule has 1 unspecified atom stereocenters. The Morgan fingerprint density at radius 3 is 1.97 bits per heavy atom. The van der Waals surface area contributed by atoms with Gasteiger partial charge >= 0.3 is 118 Å². The number of nitrogens with zero attached hydrogens (tertiary/aromatic N) is 7. The molecule has 0 aliphatic carbocycles. The van der Waals surface area contributed by atoms with E-state index in [4.69, 9.17) is 5.11 Å². The third kappa shape index (κ3) is 24.6. The number of rotatable bonds is 26. The van der Waals surface area contributed by atoms with Gasteiger partial charge in [-0.3, -0.25) is 10.1 Å². The molecule has 0 radical (unpaired) electrons. The minimum Gasteiger partial charge on any atom is -0.748 e. The molecule has 338 valence electrons. The van der Waals surface area contributed by atoms with E-state index >= 15 is 0 Å². The maximum Gasteiger partial charge on any atom is 1.00 e. The number of benzene rings is 2. The molecule has 8 N–H and O–H groups in total. The summed E-state index contributed by atoms with van der Waals surface area (Å²) in [6.07, 6.45) is 2.78. The largest absolute Gasteiger partial charge is 1.00 e. The van der Waals surface area contributed by atoms with Gasteiger partial charge < -0.3 is 61.5 Å². The number of nitrogens with one attached hydrogen (secondary N) is 5. The minimum absolute atomic E-state index is 0. The normalized spacial score (nSPS) is 11.5. The molecule has 27 nitrogen and oxygen atoms in total. The van der Waals surface area contributed by atoms with Crippen LogP contribution in [0.2, 0.25) is 0 Å². The fourth-order valence-corrected chi connectivity index (χ4v) is 6.14. The summed E-state index contributed by atoms with van der Waals surface area (Å²) in [5, 5.41) is 69.2. The van der Waals surface area contributed by atoms with Gasteiger partial charge in [-0.05, 0) is 35.4 Å². The van der Waals surface area contributed by atoms with Crippen LogP contribution >= 0.6 is 24.1 Å². The van der Waals surface area contributed by atoms with Crippen molar-refractivity contribution in [2.24, 2.45) is 4.99 Å². The molecular weight excluding hydrogens is 1000 g/mol. The van der Waals surface area contributed by atoms with Crippen molar-refractivity contribution in [2.45, 2.75) is 23.3 Å². The van der Waals surface area contributed by atoms with E-state index in [-0.39, 0.29) is 208 Å². The Balaban J connectivity index is 0. The van der Waals surface area contributed by atoms with Crippen LogP contribution in [0.1, 0.15) is 18.6 Å². The fraction of sp³-hybridized carbons (Fsp3) is 0.258. The van der Waals surface area contributed by atoms with Crippen molar-refractivity contribution in [3.05, 3.63) is 59.8 Å². The number of anilines is 7. The van der Waals surface area contributed by atoms with Gasteiger partial charge in [-0.2, -0.15) is 38.6 Å². The van der Waals surface area contributed by atoms with Gasteiger partial charge in [-0.1, -0.05) is 38.3 Å². The molecule has 2 aromatic heterocycles. The summed E-state index contributed by atoms with van der Waals surface area (Å²) in [7, 11) is -9.69. The van der Waals surface area contributed by atoms with E-state index in [1.54, 1.807) is 0 Å². The standard InChI is InChI=1S/C30H36N12O15S4.CH4.4Na/c1-17(15-43)34-28-38-25(31-8-10-58-56-54-46)39-30(42-28)36-21-7-5-19(24(13-21)61(51,52)53)3-2-18-4-6-20(12-23(18)59-57-55-47)35-29-40-26(32-9-11-60(48,49)50)37-27(41-29)33-14-22(45)16-44;;;;;/h2-8,12-13,22,43-47H,1,9-11,14-16H2,(H,48,49,50)(H,51,52,53)(H2,34,36,38,39,42)(H3,32,33,35,37,40,41);1H4;;;;/q;;4*+1/p-4. The Bertz CT molecular complexity index is 2420. The predicted octanol–water partition coefficient (Wildman–Crippen LogP) is -12.3. The topological polar surface area (TPSA) is 408 Å². The van der Waals surface area contributed by atoms with Crippen LogP contribution in [0.25, 0.3) is 12.2 Å². The van der Waals surface area contributed by atoms with Crippen molar-refractivity contribution in [1.29, 1.82) is 0 Å². The third-order valence-corrected chi connectivity index (χ3v) is 9.60. The Morgan fingerprint density at radius 2 is 1.36 bits per heavy atom. The van der Waals surface area contributed by atoms with Gasteiger partial charge in [0.25, 0.3) is 5.95 Å². The van der Waals surface area contributed by atoms with E-state index in [2.05, 4.69) is 86.8 Å². The Hall–Kier alpha value is -1.23. The fourth-order valence-electron chi connectivity index (χ4n) is 4.36. The Labute approximate surface area is 475 Å². The summed E-state index contributed by atoms with van der Waals surface area (Å²) in [5.41, 5.74) is 0.666. The molecule has 0 saturated heterocycles. The van der Waals surface area contributed by atoms with Crippen LogP contribution in [0.5, 0.6) is 0 Å². The third-order valence-electron chi connectivity index (χ3n) is 6.91. The van der Waals surface area contributed by atoms with E-state index in [1.807, 2.05) is 0 Å². The quantitative estimate of drug-likeness (QED) is 0.00423. The maximum absolute atomic E-state index is 12.5. The van der Waals surface area contributed by atoms with Crippen molar-refractivity contribution in [3.63, 3.8) is 0 Å². The van der Waals surface area contributed by atoms with E-state index in [1.165, 1.54) is 48.7 Å². The van der Waals surface area contributed by atoms with Gasteiger partial charge in [0.15, 0.2) is 0 Å². The summed E-state index contributed by atoms with van der Waals surface area (Å²) >= 11 is 1.08. The van der Waals surface area contributed by atoms with Crippen LogP contribution in [0.3, 0.4) is 0 Å². The van der Waals surface area contributed by atoms with Crippen LogP contribution in [0.4, 0.5) is 47.1 Å². The molecule has 2 heterocycles. The summed E-state index contributed by atoms with van der Waals surface area (Å²) < 4.78 is 79.2. The van der Waals surface area contributed by atoms with E-state index in [0.717, 1.165) is 6.07 Å². The number of aromatic nitrogens is 6. The Kier molecular flexibility index (Phi) is 34.6. The zero-order valence-electron chi connectivity index (χ0n) is 34.7. The van der Waals surface area contributed by atoms with Crippen LogP contribution in [-0.4, -0.2) is 121 Å². The first-order valence-electron chi connectivity index (χ1n) is 16.6. The van der Waals surface area contributed by atoms with Crippen molar-refractivity contribution in [1.82, 2.24) is 29.9 Å². The van der Waals surface area contributed by atoms with Gasteiger partial charge in [0.1, 0.15) is 10.1 Å². The number of hydrogen-bond acceptors (Lipinski definition) is 29. The molecule has 0 spiro atoms. The molecule has 66 heavy (non-hydrogen) atoms. The van der Waals surface area contributed by atoms with Crippen LogP contribution in [0.15, 0.2) is 63.5 Å². The predicted molar refractivity (Wildman–Crippen MR) is 218 cm³/mol. The summed E-state index contributed by atoms with van der Waals surface area (Å²) in [4.78, 5) is 28.2. The zero-order valence-corrected chi connectivity index (χ0v) is 46.0. The molecular formula is C31H36N12Na4O15S4. The summed E-state index contributed by atoms with van der Waals surface area (Å²) in [6, 6.07) is 8.16. The molecule has 1 atom stereocenters. The second-order valence-electron chi connectivity index (χ2n) is 11.4. The summed E-state index contributed by atoms with van der Waals surface area (Å²) in [6.45, 7) is 2.01. The van der Waals surface area contributed by atoms with Crippen LogP contribution in [0, 0.1) is 0 Å². The summed E-state index contributed by atoms with van der Waals surface area (Å²) in [5.74, 6) is -1.64. The van der Waals surface area contributed by atoms with Crippen molar-refractivity contribution < 1.29 is 189 Å². The van der Waals surface area contributed by atoms with Crippen molar-refractivity contribution in [2.75, 3.05) is 64.4 Å². The molecule has 0 aliphatic rings. The molecule has 0 aliphatic heterocycles. The average molecular weight is 1040 g/mol. The zero-order chi connectivity index (χ0) is 44.4. The molecule has 4 rings (SSSR count). The maximum atomic E-state index is 12.5. The Morgan fingerprint density at radius 1 is 0.803 bits per heavy atom. The molecule has 0 fully saturated rings. The average Bonchev–Trinajstić information content (AvgIpc) is 3.20. The monoisotopic (exact) mass is 1040 g/mol. The molecule has 0 saturated carbocycles. The number of aliphatic hydroxyl groups excluding tert-OH is 3. The van der Waals surface area contributed by atoms with Gasteiger partial charge in [0.2, 0.25) is 29.7 Å². The smallest absolute Gasteiger partial charge is 0.748 e. The minimum atomic E-state index is -5.12. The van der Waals surface area contributed by atoms with E-state index in [0.29, 0.717) is 29.6 Å². The first-order valence-corrected chi connectivity index (χ1v) is 21.2. The molecule has 35 heteroatoms. The number of aliphatic imine (C=N–C) groups is 1. The number of aliphatic hydroxyl groups is 3. The van der Waals surface area contributed by atoms with Gasteiger partial charge in [-0.15, -0.1) is 0 Å². The number of hydrogen-bond donors (Lipinski definition) is 8. The molecule has 2 aromatic carbocycles. The first kappa shape index (κ1) is 66.9. The SMILES string of the molecule is C.C=C(CO)Nc1nc(N=CCSOO[O-])nc(Nc2ccc(C=Cc3ccc(Nc4nc(NCCS(=O)(=O)[O-])nc(NCC(O)CO)n4)cc3SOO[O-])c(S(=O)(=O)[O-])c2)n1.[Na+].[Na+].[Na+].[Na+]. The van der Waals surface area contributed by atoms with Crippen molar-refractivity contribution in [3.8, 4) is 0 Å². The van der Waals surface area contributed by atoms with Crippen LogP contribution in [-0.2, 0) is 39.0 Å². The van der Waals surface area contributed by atoms with Gasteiger partial charge in [-0.25, -0.2) is 21.8 Å². The molecule has 0 bridgehead atoms. The van der Waals surface area contributed by atoms with E-state index in [9.17, 15) is 46.7 Å².